The molecule has 2 aromatic carbocycles. The van der Waals surface area contributed by atoms with Gasteiger partial charge in [0.05, 0.1) is 29.4 Å². The summed E-state index contributed by atoms with van der Waals surface area (Å²) >= 11 is 18.6. The number of carbonyl (C=O) groups is 3. The highest BCUT2D eigenvalue weighted by atomic mass is 35.5. The van der Waals surface area contributed by atoms with Crippen LogP contribution >= 0.6 is 34.8 Å². The Balaban J connectivity index is 2.17. The lowest BCUT2D eigenvalue weighted by molar-refractivity contribution is 0.0455. The lowest BCUT2D eigenvalue weighted by Crippen LogP contribution is -2.29. The number of hydrogen-bond donors (Lipinski definition) is 1. The van der Waals surface area contributed by atoms with Crippen molar-refractivity contribution < 1.29 is 23.9 Å². The lowest BCUT2D eigenvalue weighted by atomic mass is 10.1. The highest BCUT2D eigenvalue weighted by Crippen LogP contribution is 2.39. The summed E-state index contributed by atoms with van der Waals surface area (Å²) < 4.78 is 11.8. The molecule has 3 aromatic rings. The molecule has 0 aliphatic heterocycles. The highest BCUT2D eigenvalue weighted by Gasteiger charge is 2.32. The van der Waals surface area contributed by atoms with Crippen molar-refractivity contribution in [2.24, 2.45) is 0 Å². The van der Waals surface area contributed by atoms with Gasteiger partial charge in [-0.15, -0.1) is 0 Å². The first-order valence-electron chi connectivity index (χ1n) is 10.4. The van der Waals surface area contributed by atoms with Crippen LogP contribution in [0.5, 0.6) is 0 Å². The van der Waals surface area contributed by atoms with E-state index in [0.717, 1.165) is 4.57 Å². The van der Waals surface area contributed by atoms with Crippen LogP contribution in [0.2, 0.25) is 15.1 Å². The predicted molar refractivity (Wildman–Crippen MR) is 134 cm³/mol. The molecule has 1 heterocycles. The third-order valence-corrected chi connectivity index (χ3v) is 5.39. The zero-order chi connectivity index (χ0) is 25.2. The van der Waals surface area contributed by atoms with Gasteiger partial charge in [-0.05, 0) is 64.1 Å². The number of rotatable bonds is 6. The van der Waals surface area contributed by atoms with Gasteiger partial charge in [0.15, 0.2) is 11.5 Å². The molecule has 0 unspecified atom stereocenters. The molecule has 0 aliphatic rings. The summed E-state index contributed by atoms with van der Waals surface area (Å²) in [6, 6.07) is 9.36. The van der Waals surface area contributed by atoms with E-state index >= 15 is 0 Å². The molecule has 0 aliphatic carbocycles. The molecule has 34 heavy (non-hydrogen) atoms. The number of benzene rings is 2. The Hall–Kier alpha value is -2.74. The van der Waals surface area contributed by atoms with Crippen LogP contribution in [0.3, 0.4) is 0 Å². The van der Waals surface area contributed by atoms with Crippen LogP contribution in [-0.4, -0.2) is 41.2 Å². The van der Waals surface area contributed by atoms with Gasteiger partial charge in [-0.2, -0.15) is 0 Å². The predicted octanol–water partition coefficient (Wildman–Crippen LogP) is 6.86. The Morgan fingerprint density at radius 3 is 2.24 bits per heavy atom. The number of carbonyl (C=O) groups excluding carboxylic acids is 3. The Kier molecular flexibility index (Phi) is 7.81. The van der Waals surface area contributed by atoms with Crippen LogP contribution in [0.1, 0.15) is 48.5 Å². The molecule has 0 radical (unpaired) electrons. The molecule has 180 valence electrons. The van der Waals surface area contributed by atoms with Crippen LogP contribution in [-0.2, 0) is 9.47 Å². The molecule has 0 fully saturated rings. The maximum absolute atomic E-state index is 13.2. The summed E-state index contributed by atoms with van der Waals surface area (Å²) in [6.07, 6.45) is -0.823. The van der Waals surface area contributed by atoms with Crippen molar-refractivity contribution >= 4 is 69.2 Å². The van der Waals surface area contributed by atoms with E-state index in [4.69, 9.17) is 44.3 Å². The van der Waals surface area contributed by atoms with E-state index in [1.807, 2.05) is 0 Å². The number of fused-ring (bicyclic) bond motifs is 1. The standard InChI is InChI=1S/C24H23Cl3N2O5/c1-5-33-22(31)21-20(28-12-18(30)13-6-8-14(25)9-7-13)19-16(27)10-15(26)11-17(19)29(21)23(32)34-24(2,3)4/h6-11,28H,5,12H2,1-4H3. The summed E-state index contributed by atoms with van der Waals surface area (Å²) in [5, 5.41) is 4.22. The van der Waals surface area contributed by atoms with Gasteiger partial charge in [0, 0.05) is 21.0 Å². The summed E-state index contributed by atoms with van der Waals surface area (Å²) in [4.78, 5) is 38.9. The number of aromatic nitrogens is 1. The second-order valence-corrected chi connectivity index (χ2v) is 9.61. The number of halogens is 3. The molecular weight excluding hydrogens is 503 g/mol. The molecule has 10 heteroatoms. The topological polar surface area (TPSA) is 86.6 Å². The number of esters is 1. The monoisotopic (exact) mass is 524 g/mol. The normalized spacial score (nSPS) is 11.4. The average Bonchev–Trinajstić information content (AvgIpc) is 3.06. The maximum Gasteiger partial charge on any atom is 0.419 e. The van der Waals surface area contributed by atoms with Gasteiger partial charge >= 0.3 is 12.1 Å². The second-order valence-electron chi connectivity index (χ2n) is 8.33. The fourth-order valence-corrected chi connectivity index (χ4v) is 4.01. The molecule has 0 spiro atoms. The van der Waals surface area contributed by atoms with E-state index in [1.54, 1.807) is 52.0 Å². The van der Waals surface area contributed by atoms with E-state index in [-0.39, 0.29) is 45.9 Å². The third kappa shape index (κ3) is 5.66. The van der Waals surface area contributed by atoms with Crippen molar-refractivity contribution in [1.82, 2.24) is 4.57 Å². The van der Waals surface area contributed by atoms with Gasteiger partial charge in [-0.3, -0.25) is 4.79 Å². The van der Waals surface area contributed by atoms with Crippen LogP contribution in [0, 0.1) is 0 Å². The molecule has 1 N–H and O–H groups in total. The van der Waals surface area contributed by atoms with E-state index < -0.39 is 17.7 Å². The largest absolute Gasteiger partial charge is 0.461 e. The molecule has 0 bridgehead atoms. The van der Waals surface area contributed by atoms with Gasteiger partial charge in [-0.25, -0.2) is 14.2 Å². The molecule has 3 rings (SSSR count). The van der Waals surface area contributed by atoms with Crippen molar-refractivity contribution in [3.63, 3.8) is 0 Å². The van der Waals surface area contributed by atoms with Crippen molar-refractivity contribution in [1.29, 1.82) is 0 Å². The van der Waals surface area contributed by atoms with E-state index in [1.165, 1.54) is 12.1 Å². The number of ether oxygens (including phenoxy) is 2. The third-order valence-electron chi connectivity index (χ3n) is 4.62. The van der Waals surface area contributed by atoms with Gasteiger partial charge in [0.1, 0.15) is 5.60 Å². The molecule has 7 nitrogen and oxygen atoms in total. The Morgan fingerprint density at radius 2 is 1.65 bits per heavy atom. The highest BCUT2D eigenvalue weighted by molar-refractivity contribution is 6.40. The Bertz CT molecular complexity index is 1260. The van der Waals surface area contributed by atoms with Crippen molar-refractivity contribution in [3.05, 3.63) is 62.7 Å². The summed E-state index contributed by atoms with van der Waals surface area (Å²) in [5.41, 5.74) is -0.196. The fraction of sp³-hybridized carbons (Fsp3) is 0.292. The quantitative estimate of drug-likeness (QED) is 0.279. The van der Waals surface area contributed by atoms with Gasteiger partial charge in [0.2, 0.25) is 0 Å². The van der Waals surface area contributed by atoms with E-state index in [9.17, 15) is 14.4 Å². The van der Waals surface area contributed by atoms with Crippen molar-refractivity contribution in [2.75, 3.05) is 18.5 Å². The minimum atomic E-state index is -0.847. The van der Waals surface area contributed by atoms with Crippen LogP contribution in [0.15, 0.2) is 36.4 Å². The van der Waals surface area contributed by atoms with Crippen molar-refractivity contribution in [2.45, 2.75) is 33.3 Å². The molecular formula is C24H23Cl3N2O5. The van der Waals surface area contributed by atoms with Gasteiger partial charge < -0.3 is 14.8 Å². The first kappa shape index (κ1) is 25.9. The maximum atomic E-state index is 13.2. The van der Waals surface area contributed by atoms with Gasteiger partial charge in [-0.1, -0.05) is 34.8 Å². The SMILES string of the molecule is CCOC(=O)c1c(NCC(=O)c2ccc(Cl)cc2)c2c(Cl)cc(Cl)cc2n1C(=O)OC(C)(C)C. The lowest BCUT2D eigenvalue weighted by Gasteiger charge is -2.20. The minimum Gasteiger partial charge on any atom is -0.461 e. The number of nitrogens with zero attached hydrogens (tertiary/aromatic N) is 1. The molecule has 0 saturated carbocycles. The van der Waals surface area contributed by atoms with Crippen LogP contribution < -0.4 is 5.32 Å². The molecule has 1 aromatic heterocycles. The van der Waals surface area contributed by atoms with Crippen molar-refractivity contribution in [3.8, 4) is 0 Å². The fourth-order valence-electron chi connectivity index (χ4n) is 3.30. The molecule has 0 atom stereocenters. The van der Waals surface area contributed by atoms with E-state index in [0.29, 0.717) is 16.0 Å². The van der Waals surface area contributed by atoms with E-state index in [2.05, 4.69) is 5.32 Å². The summed E-state index contributed by atoms with van der Waals surface area (Å²) in [6.45, 7) is 6.60. The Morgan fingerprint density at radius 1 is 1.00 bits per heavy atom. The first-order valence-corrected chi connectivity index (χ1v) is 11.5. The molecule has 0 amide bonds. The number of anilines is 1. The van der Waals surface area contributed by atoms with Crippen LogP contribution in [0.25, 0.3) is 10.9 Å². The summed E-state index contributed by atoms with van der Waals surface area (Å²) in [7, 11) is 0. The second kappa shape index (κ2) is 10.3. The number of hydrogen-bond acceptors (Lipinski definition) is 6. The zero-order valence-corrected chi connectivity index (χ0v) is 21.3. The zero-order valence-electron chi connectivity index (χ0n) is 19.0. The Labute approximate surface area is 211 Å². The molecule has 0 saturated heterocycles. The first-order chi connectivity index (χ1) is 15.9. The summed E-state index contributed by atoms with van der Waals surface area (Å²) in [5.74, 6) is -1.06. The number of nitrogens with one attached hydrogen (secondary N) is 1. The van der Waals surface area contributed by atoms with Gasteiger partial charge in [0.25, 0.3) is 0 Å². The minimum absolute atomic E-state index is 0.0618. The average molecular weight is 526 g/mol. The number of Topliss-reactive ketones (excluding diaryl/α,β-unsaturated/α-hetero) is 1. The van der Waals surface area contributed by atoms with Crippen LogP contribution in [0.4, 0.5) is 10.5 Å². The smallest absolute Gasteiger partial charge is 0.419 e. The number of ketones is 1.